The van der Waals surface area contributed by atoms with Gasteiger partial charge in [-0.3, -0.25) is 4.79 Å². The topological polar surface area (TPSA) is 60.5 Å². The van der Waals surface area contributed by atoms with Gasteiger partial charge in [0.1, 0.15) is 5.03 Å². The Morgan fingerprint density at radius 3 is 2.43 bits per heavy atom. The number of nitrogens with zero attached hydrogens (tertiary/aromatic N) is 1. The van der Waals surface area contributed by atoms with Crippen molar-refractivity contribution in [2.24, 2.45) is 0 Å². The molecule has 0 saturated carbocycles. The first-order chi connectivity index (χ1) is 13.1. The number of carbonyl (C=O) groups excluding carboxylic acids is 1. The van der Waals surface area contributed by atoms with Crippen molar-refractivity contribution in [3.8, 4) is 11.5 Å². The molecule has 1 heterocycles. The van der Waals surface area contributed by atoms with Crippen molar-refractivity contribution < 1.29 is 27.4 Å². The third-order valence-electron chi connectivity index (χ3n) is 4.08. The number of halogens is 3. The van der Waals surface area contributed by atoms with E-state index >= 15 is 0 Å². The van der Waals surface area contributed by atoms with Crippen LogP contribution in [0.15, 0.2) is 41.6 Å². The van der Waals surface area contributed by atoms with Crippen LogP contribution < -0.4 is 14.8 Å². The summed E-state index contributed by atoms with van der Waals surface area (Å²) in [6.07, 6.45) is 1.22. The van der Waals surface area contributed by atoms with Gasteiger partial charge >= 0.3 is 5.51 Å². The summed E-state index contributed by atoms with van der Waals surface area (Å²) >= 11 is -0.408. The van der Waals surface area contributed by atoms with Crippen LogP contribution in [-0.2, 0) is 5.41 Å². The standard InChI is InChI=1S/C19H21F3N2O3S/c1-18(2,12-7-8-14(26-3)15(10-12)27-4)11-24-16(25)13-6-5-9-23-17(13)28-19(20,21)22/h5-10H,11H2,1-4H3,(H,24,25). The lowest BCUT2D eigenvalue weighted by Gasteiger charge is -2.26. The molecule has 1 aromatic heterocycles. The quantitative estimate of drug-likeness (QED) is 0.680. The summed E-state index contributed by atoms with van der Waals surface area (Å²) in [6.45, 7) is 4.01. The predicted octanol–water partition coefficient (Wildman–Crippen LogP) is 4.42. The number of pyridine rings is 1. The Bertz CT molecular complexity index is 841. The lowest BCUT2D eigenvalue weighted by molar-refractivity contribution is -0.0329. The van der Waals surface area contributed by atoms with E-state index in [9.17, 15) is 18.0 Å². The number of alkyl halides is 3. The van der Waals surface area contributed by atoms with Crippen LogP contribution in [0.4, 0.5) is 13.2 Å². The Morgan fingerprint density at radius 2 is 1.82 bits per heavy atom. The highest BCUT2D eigenvalue weighted by Crippen LogP contribution is 2.37. The minimum atomic E-state index is -4.53. The van der Waals surface area contributed by atoms with Crippen molar-refractivity contribution in [3.63, 3.8) is 0 Å². The summed E-state index contributed by atoms with van der Waals surface area (Å²) in [7, 11) is 3.06. The van der Waals surface area contributed by atoms with E-state index in [1.165, 1.54) is 32.5 Å². The summed E-state index contributed by atoms with van der Waals surface area (Å²) < 4.78 is 48.6. The zero-order valence-electron chi connectivity index (χ0n) is 15.9. The largest absolute Gasteiger partial charge is 0.493 e. The molecule has 1 amide bonds. The number of methoxy groups -OCH3 is 2. The van der Waals surface area contributed by atoms with Crippen molar-refractivity contribution in [2.45, 2.75) is 29.8 Å². The normalized spacial score (nSPS) is 11.8. The van der Waals surface area contributed by atoms with Crippen molar-refractivity contribution in [2.75, 3.05) is 20.8 Å². The van der Waals surface area contributed by atoms with E-state index in [2.05, 4.69) is 10.3 Å². The number of ether oxygens (including phenoxy) is 2. The van der Waals surface area contributed by atoms with Crippen LogP contribution in [0.1, 0.15) is 29.8 Å². The maximum absolute atomic E-state index is 12.7. The third-order valence-corrected chi connectivity index (χ3v) is 4.83. The van der Waals surface area contributed by atoms with Crippen LogP contribution in [-0.4, -0.2) is 37.2 Å². The summed E-state index contributed by atoms with van der Waals surface area (Å²) in [5.41, 5.74) is -4.27. The SMILES string of the molecule is COc1ccc(C(C)(C)CNC(=O)c2cccnc2SC(F)(F)F)cc1OC. The zero-order chi connectivity index (χ0) is 20.9. The molecule has 0 spiro atoms. The highest BCUT2D eigenvalue weighted by molar-refractivity contribution is 8.00. The van der Waals surface area contributed by atoms with Crippen LogP contribution in [0.2, 0.25) is 0 Å². The number of amides is 1. The van der Waals surface area contributed by atoms with Crippen LogP contribution in [0.3, 0.4) is 0 Å². The molecule has 2 aromatic rings. The number of benzene rings is 1. The smallest absolute Gasteiger partial charge is 0.447 e. The zero-order valence-corrected chi connectivity index (χ0v) is 16.7. The van der Waals surface area contributed by atoms with Crippen molar-refractivity contribution in [1.29, 1.82) is 0 Å². The molecule has 0 radical (unpaired) electrons. The van der Waals surface area contributed by atoms with Gasteiger partial charge in [0.25, 0.3) is 5.91 Å². The molecule has 9 heteroatoms. The Labute approximate surface area is 165 Å². The average Bonchev–Trinajstić information content (AvgIpc) is 2.64. The fourth-order valence-corrected chi connectivity index (χ4v) is 3.11. The first-order valence-corrected chi connectivity index (χ1v) is 9.10. The van der Waals surface area contributed by atoms with Crippen molar-refractivity contribution in [3.05, 3.63) is 47.7 Å². The monoisotopic (exact) mass is 414 g/mol. The first kappa shape index (κ1) is 21.9. The summed E-state index contributed by atoms with van der Waals surface area (Å²) in [5.74, 6) is 0.513. The van der Waals surface area contributed by atoms with E-state index in [0.29, 0.717) is 11.5 Å². The fraction of sp³-hybridized carbons (Fsp3) is 0.368. The number of aromatic nitrogens is 1. The van der Waals surface area contributed by atoms with Gasteiger partial charge in [-0.05, 0) is 29.8 Å². The summed E-state index contributed by atoms with van der Waals surface area (Å²) in [6, 6.07) is 8.16. The number of thioether (sulfide) groups is 1. The molecular weight excluding hydrogens is 393 g/mol. The molecule has 28 heavy (non-hydrogen) atoms. The third kappa shape index (κ3) is 5.54. The highest BCUT2D eigenvalue weighted by Gasteiger charge is 2.32. The van der Waals surface area contributed by atoms with Crippen LogP contribution in [0.25, 0.3) is 0 Å². The molecule has 152 valence electrons. The molecule has 2 rings (SSSR count). The van der Waals surface area contributed by atoms with Crippen LogP contribution in [0, 0.1) is 0 Å². The average molecular weight is 414 g/mol. The molecule has 0 fully saturated rings. The number of hydrogen-bond acceptors (Lipinski definition) is 5. The minimum absolute atomic E-state index is 0.118. The van der Waals surface area contributed by atoms with Crippen LogP contribution >= 0.6 is 11.8 Å². The van der Waals surface area contributed by atoms with E-state index in [4.69, 9.17) is 9.47 Å². The van der Waals surface area contributed by atoms with E-state index in [1.54, 1.807) is 12.1 Å². The predicted molar refractivity (Wildman–Crippen MR) is 101 cm³/mol. The summed E-state index contributed by atoms with van der Waals surface area (Å²) in [4.78, 5) is 16.2. The Morgan fingerprint density at radius 1 is 1.14 bits per heavy atom. The molecule has 0 aliphatic heterocycles. The van der Waals surface area contributed by atoms with Crippen LogP contribution in [0.5, 0.6) is 11.5 Å². The molecule has 0 aliphatic rings. The highest BCUT2D eigenvalue weighted by atomic mass is 32.2. The Balaban J connectivity index is 2.16. The maximum atomic E-state index is 12.7. The van der Waals surface area contributed by atoms with Gasteiger partial charge in [0.2, 0.25) is 0 Å². The van der Waals surface area contributed by atoms with E-state index < -0.39 is 28.6 Å². The minimum Gasteiger partial charge on any atom is -0.493 e. The maximum Gasteiger partial charge on any atom is 0.447 e. The van der Waals surface area contributed by atoms with Gasteiger partial charge in [-0.15, -0.1) is 0 Å². The van der Waals surface area contributed by atoms with E-state index in [1.807, 2.05) is 19.9 Å². The number of rotatable bonds is 7. The van der Waals surface area contributed by atoms with E-state index in [0.717, 1.165) is 5.56 Å². The second-order valence-corrected chi connectivity index (χ2v) is 7.59. The van der Waals surface area contributed by atoms with E-state index in [-0.39, 0.29) is 17.1 Å². The van der Waals surface area contributed by atoms with Gasteiger partial charge in [-0.25, -0.2) is 4.98 Å². The Hall–Kier alpha value is -2.42. The number of nitrogens with one attached hydrogen (secondary N) is 1. The first-order valence-electron chi connectivity index (χ1n) is 8.29. The van der Waals surface area contributed by atoms with Gasteiger partial charge in [0.05, 0.1) is 19.8 Å². The molecule has 0 atom stereocenters. The van der Waals surface area contributed by atoms with Gasteiger partial charge < -0.3 is 14.8 Å². The fourth-order valence-electron chi connectivity index (χ4n) is 2.51. The molecule has 0 bridgehead atoms. The lowest BCUT2D eigenvalue weighted by Crippen LogP contribution is -2.37. The number of carbonyl (C=O) groups is 1. The molecule has 0 unspecified atom stereocenters. The molecule has 1 N–H and O–H groups in total. The van der Waals surface area contributed by atoms with Gasteiger partial charge in [-0.2, -0.15) is 13.2 Å². The molecule has 0 saturated heterocycles. The van der Waals surface area contributed by atoms with Crippen molar-refractivity contribution >= 4 is 17.7 Å². The van der Waals surface area contributed by atoms with Gasteiger partial charge in [0.15, 0.2) is 11.5 Å². The molecule has 1 aromatic carbocycles. The number of hydrogen-bond donors (Lipinski definition) is 1. The Kier molecular flexibility index (Phi) is 6.82. The molecular formula is C19H21F3N2O3S. The van der Waals surface area contributed by atoms with Gasteiger partial charge in [0, 0.05) is 29.9 Å². The van der Waals surface area contributed by atoms with Gasteiger partial charge in [-0.1, -0.05) is 19.9 Å². The second kappa shape index (κ2) is 8.72. The molecule has 0 aliphatic carbocycles. The lowest BCUT2D eigenvalue weighted by atomic mass is 9.84. The summed E-state index contributed by atoms with van der Waals surface area (Å²) in [5, 5.41) is 2.32. The molecule has 5 nitrogen and oxygen atoms in total. The second-order valence-electron chi connectivity index (χ2n) is 6.54. The van der Waals surface area contributed by atoms with Crippen molar-refractivity contribution in [1.82, 2.24) is 10.3 Å².